The summed E-state index contributed by atoms with van der Waals surface area (Å²) in [6, 6.07) is 9.12. The van der Waals surface area contributed by atoms with Crippen molar-refractivity contribution < 1.29 is 9.59 Å². The van der Waals surface area contributed by atoms with E-state index in [9.17, 15) is 9.59 Å². The Labute approximate surface area is 135 Å². The van der Waals surface area contributed by atoms with E-state index in [1.165, 1.54) is 0 Å². The van der Waals surface area contributed by atoms with E-state index in [1.54, 1.807) is 23.2 Å². The summed E-state index contributed by atoms with van der Waals surface area (Å²) in [5.41, 5.74) is 1.39. The van der Waals surface area contributed by atoms with E-state index in [2.05, 4.69) is 10.4 Å². The number of hydrogen-bond acceptors (Lipinski definition) is 3. The van der Waals surface area contributed by atoms with Gasteiger partial charge in [-0.25, -0.2) is 0 Å². The minimum absolute atomic E-state index is 0.112. The largest absolute Gasteiger partial charge is 0.352 e. The summed E-state index contributed by atoms with van der Waals surface area (Å²) >= 11 is 0. The number of rotatable bonds is 6. The molecular formula is C17H20N4O2. The molecule has 6 nitrogen and oxygen atoms in total. The summed E-state index contributed by atoms with van der Waals surface area (Å²) in [5, 5.41) is 7.03. The maximum absolute atomic E-state index is 12.2. The third kappa shape index (κ3) is 3.77. The highest BCUT2D eigenvalue weighted by atomic mass is 16.2. The van der Waals surface area contributed by atoms with Crippen molar-refractivity contribution in [3.63, 3.8) is 0 Å². The van der Waals surface area contributed by atoms with E-state index < -0.39 is 0 Å². The molecule has 2 amide bonds. The molecule has 1 saturated heterocycles. The number of benzene rings is 1. The fourth-order valence-electron chi connectivity index (χ4n) is 2.71. The normalized spacial score (nSPS) is 14.3. The van der Waals surface area contributed by atoms with Crippen LogP contribution < -0.4 is 10.2 Å². The number of aryl methyl sites for hydroxylation is 1. The van der Waals surface area contributed by atoms with Crippen LogP contribution >= 0.6 is 0 Å². The number of hydrogen-bond donors (Lipinski definition) is 1. The van der Waals surface area contributed by atoms with E-state index in [4.69, 9.17) is 0 Å². The van der Waals surface area contributed by atoms with Crippen LogP contribution in [0.5, 0.6) is 0 Å². The molecule has 0 spiro atoms. The minimum atomic E-state index is -0.112. The van der Waals surface area contributed by atoms with Crippen molar-refractivity contribution in [1.29, 1.82) is 0 Å². The quantitative estimate of drug-likeness (QED) is 0.828. The number of aromatic nitrogens is 2. The average Bonchev–Trinajstić information content (AvgIpc) is 3.23. The lowest BCUT2D eigenvalue weighted by molar-refractivity contribution is -0.117. The number of nitrogens with one attached hydrogen (secondary N) is 1. The second-order valence-electron chi connectivity index (χ2n) is 5.58. The number of anilines is 1. The van der Waals surface area contributed by atoms with Gasteiger partial charge in [0.2, 0.25) is 5.91 Å². The molecule has 2 heterocycles. The van der Waals surface area contributed by atoms with Crippen molar-refractivity contribution in [1.82, 2.24) is 15.1 Å². The predicted molar refractivity (Wildman–Crippen MR) is 87.2 cm³/mol. The summed E-state index contributed by atoms with van der Waals surface area (Å²) in [5.74, 6) is 0.0146. The first-order chi connectivity index (χ1) is 11.2. The smallest absolute Gasteiger partial charge is 0.251 e. The van der Waals surface area contributed by atoms with Gasteiger partial charge in [0.1, 0.15) is 0 Å². The number of nitrogens with zero attached hydrogens (tertiary/aromatic N) is 3. The fourth-order valence-corrected chi connectivity index (χ4v) is 2.71. The van der Waals surface area contributed by atoms with Crippen LogP contribution in [0, 0.1) is 0 Å². The van der Waals surface area contributed by atoms with Crippen molar-refractivity contribution in [3.8, 4) is 0 Å². The van der Waals surface area contributed by atoms with Crippen molar-refractivity contribution in [2.24, 2.45) is 0 Å². The van der Waals surface area contributed by atoms with Gasteiger partial charge in [0.25, 0.3) is 5.91 Å². The lowest BCUT2D eigenvalue weighted by Crippen LogP contribution is -2.27. The predicted octanol–water partition coefficient (Wildman–Crippen LogP) is 1.83. The molecule has 0 bridgehead atoms. The molecule has 2 aromatic rings. The van der Waals surface area contributed by atoms with Crippen LogP contribution in [0.4, 0.5) is 5.69 Å². The summed E-state index contributed by atoms with van der Waals surface area (Å²) in [6.07, 6.45) is 5.92. The van der Waals surface area contributed by atoms with Gasteiger partial charge in [-0.3, -0.25) is 14.3 Å². The maximum atomic E-state index is 12.2. The zero-order chi connectivity index (χ0) is 16.1. The van der Waals surface area contributed by atoms with Gasteiger partial charge in [0.05, 0.1) is 0 Å². The molecule has 1 fully saturated rings. The van der Waals surface area contributed by atoms with Crippen LogP contribution in [0.2, 0.25) is 0 Å². The molecule has 0 atom stereocenters. The lowest BCUT2D eigenvalue weighted by Gasteiger charge is -2.16. The van der Waals surface area contributed by atoms with Crippen molar-refractivity contribution in [2.75, 3.05) is 18.0 Å². The standard InChI is InChI=1S/C17H20N4O2/c22-16-7-2-12-21(16)15-6-1-5-14(13-15)17(23)18-8-3-10-20-11-4-9-19-20/h1,4-6,9,11,13H,2-3,7-8,10,12H2,(H,18,23). The lowest BCUT2D eigenvalue weighted by atomic mass is 10.1. The Balaban J connectivity index is 1.53. The minimum Gasteiger partial charge on any atom is -0.352 e. The van der Waals surface area contributed by atoms with E-state index in [0.29, 0.717) is 18.5 Å². The molecular weight excluding hydrogens is 292 g/mol. The van der Waals surface area contributed by atoms with Crippen LogP contribution in [0.3, 0.4) is 0 Å². The molecule has 1 aliphatic rings. The summed E-state index contributed by atoms with van der Waals surface area (Å²) in [4.78, 5) is 25.8. The molecule has 0 radical (unpaired) electrons. The topological polar surface area (TPSA) is 67.2 Å². The van der Waals surface area contributed by atoms with Gasteiger partial charge in [-0.1, -0.05) is 6.07 Å². The molecule has 0 aliphatic carbocycles. The third-order valence-corrected chi connectivity index (χ3v) is 3.90. The van der Waals surface area contributed by atoms with Crippen LogP contribution in [0.15, 0.2) is 42.7 Å². The van der Waals surface area contributed by atoms with Crippen molar-refractivity contribution in [3.05, 3.63) is 48.3 Å². The van der Waals surface area contributed by atoms with E-state index in [-0.39, 0.29) is 11.8 Å². The second-order valence-corrected chi connectivity index (χ2v) is 5.58. The molecule has 23 heavy (non-hydrogen) atoms. The van der Waals surface area contributed by atoms with Gasteiger partial charge in [-0.2, -0.15) is 5.10 Å². The van der Waals surface area contributed by atoms with Gasteiger partial charge in [0.15, 0.2) is 0 Å². The highest BCUT2D eigenvalue weighted by Gasteiger charge is 2.22. The molecule has 120 valence electrons. The van der Waals surface area contributed by atoms with E-state index >= 15 is 0 Å². The van der Waals surface area contributed by atoms with Crippen molar-refractivity contribution >= 4 is 17.5 Å². The summed E-state index contributed by atoms with van der Waals surface area (Å²) in [7, 11) is 0. The Morgan fingerprint density at radius 3 is 2.96 bits per heavy atom. The van der Waals surface area contributed by atoms with Crippen LogP contribution in [-0.2, 0) is 11.3 Å². The molecule has 0 saturated carbocycles. The number of amides is 2. The SMILES string of the molecule is O=C(NCCCn1cccn1)c1cccc(N2CCCC2=O)c1. The van der Waals surface area contributed by atoms with E-state index in [1.807, 2.05) is 29.1 Å². The summed E-state index contributed by atoms with van der Waals surface area (Å²) < 4.78 is 1.84. The molecule has 1 aromatic carbocycles. The van der Waals surface area contributed by atoms with E-state index in [0.717, 1.165) is 31.6 Å². The fraction of sp³-hybridized carbons (Fsp3) is 0.353. The Morgan fingerprint density at radius 2 is 2.22 bits per heavy atom. The van der Waals surface area contributed by atoms with Crippen LogP contribution in [0.25, 0.3) is 0 Å². The zero-order valence-electron chi connectivity index (χ0n) is 12.9. The first kappa shape index (κ1) is 15.3. The second kappa shape index (κ2) is 7.09. The van der Waals surface area contributed by atoms with Crippen molar-refractivity contribution in [2.45, 2.75) is 25.8 Å². The number of carbonyl (C=O) groups is 2. The Hall–Kier alpha value is -2.63. The third-order valence-electron chi connectivity index (χ3n) is 3.90. The Morgan fingerprint density at radius 1 is 1.30 bits per heavy atom. The highest BCUT2D eigenvalue weighted by molar-refractivity contribution is 5.99. The molecule has 1 N–H and O–H groups in total. The van der Waals surface area contributed by atoms with Gasteiger partial charge in [-0.05, 0) is 37.1 Å². The molecule has 1 aromatic heterocycles. The Bertz CT molecular complexity index is 682. The zero-order valence-corrected chi connectivity index (χ0v) is 12.9. The highest BCUT2D eigenvalue weighted by Crippen LogP contribution is 2.22. The molecule has 1 aliphatic heterocycles. The molecule has 3 rings (SSSR count). The van der Waals surface area contributed by atoms with Gasteiger partial charge in [0, 0.05) is 49.7 Å². The first-order valence-corrected chi connectivity index (χ1v) is 7.90. The van der Waals surface area contributed by atoms with Gasteiger partial charge in [-0.15, -0.1) is 0 Å². The van der Waals surface area contributed by atoms with Gasteiger partial charge >= 0.3 is 0 Å². The van der Waals surface area contributed by atoms with Gasteiger partial charge < -0.3 is 10.2 Å². The molecule has 6 heteroatoms. The number of carbonyl (C=O) groups excluding carboxylic acids is 2. The maximum Gasteiger partial charge on any atom is 0.251 e. The Kier molecular flexibility index (Phi) is 4.71. The monoisotopic (exact) mass is 312 g/mol. The van der Waals surface area contributed by atoms with Crippen LogP contribution in [0.1, 0.15) is 29.6 Å². The molecule has 0 unspecified atom stereocenters. The first-order valence-electron chi connectivity index (χ1n) is 7.90. The average molecular weight is 312 g/mol. The summed E-state index contributed by atoms with van der Waals surface area (Å²) in [6.45, 7) is 2.09. The van der Waals surface area contributed by atoms with Crippen LogP contribution in [-0.4, -0.2) is 34.7 Å².